The Labute approximate surface area is 112 Å². The Kier molecular flexibility index (Phi) is 4.52. The highest BCUT2D eigenvalue weighted by atomic mass is 19.1. The van der Waals surface area contributed by atoms with Gasteiger partial charge in [-0.2, -0.15) is 0 Å². The van der Waals surface area contributed by atoms with Crippen LogP contribution in [0.1, 0.15) is 39.0 Å². The highest BCUT2D eigenvalue weighted by Gasteiger charge is 2.24. The van der Waals surface area contributed by atoms with Crippen LogP contribution in [0, 0.1) is 11.6 Å². The number of nitrogens with zero attached hydrogens (tertiary/aromatic N) is 2. The molecule has 1 fully saturated rings. The third-order valence-corrected chi connectivity index (χ3v) is 3.68. The summed E-state index contributed by atoms with van der Waals surface area (Å²) < 4.78 is 27.3. The van der Waals surface area contributed by atoms with Gasteiger partial charge in [-0.3, -0.25) is 0 Å². The molecule has 2 rings (SSSR count). The van der Waals surface area contributed by atoms with Gasteiger partial charge in [-0.05, 0) is 19.8 Å². The minimum atomic E-state index is -0.775. The number of halogens is 2. The summed E-state index contributed by atoms with van der Waals surface area (Å²) in [7, 11) is 0. The molecule has 106 valence electrons. The Balaban J connectivity index is 2.31. The molecular weight excluding hydrogens is 250 g/mol. The number of hydrazine groups is 1. The van der Waals surface area contributed by atoms with Crippen LogP contribution >= 0.6 is 0 Å². The maximum atomic E-state index is 13.9. The fourth-order valence-corrected chi connectivity index (χ4v) is 2.73. The Morgan fingerprint density at radius 1 is 1.32 bits per heavy atom. The normalized spacial score (nSPS) is 16.4. The van der Waals surface area contributed by atoms with E-state index in [9.17, 15) is 8.78 Å². The Morgan fingerprint density at radius 3 is 2.58 bits per heavy atom. The van der Waals surface area contributed by atoms with E-state index in [0.29, 0.717) is 6.54 Å². The number of hydrogen-bond donors (Lipinski definition) is 2. The van der Waals surface area contributed by atoms with Crippen molar-refractivity contribution in [2.75, 3.05) is 16.9 Å². The van der Waals surface area contributed by atoms with Crippen molar-refractivity contribution in [2.24, 2.45) is 5.84 Å². The van der Waals surface area contributed by atoms with Gasteiger partial charge < -0.3 is 10.3 Å². The zero-order valence-electron chi connectivity index (χ0n) is 11.1. The molecule has 1 saturated carbocycles. The Hall–Kier alpha value is -1.43. The van der Waals surface area contributed by atoms with Gasteiger partial charge in [0.1, 0.15) is 0 Å². The largest absolute Gasteiger partial charge is 0.351 e. The topological polar surface area (TPSA) is 54.2 Å². The average Bonchev–Trinajstić information content (AvgIpc) is 2.43. The van der Waals surface area contributed by atoms with Crippen molar-refractivity contribution in [1.82, 2.24) is 4.98 Å². The van der Waals surface area contributed by atoms with Crippen LogP contribution < -0.4 is 16.2 Å². The minimum Gasteiger partial charge on any atom is -0.351 e. The highest BCUT2D eigenvalue weighted by Crippen LogP contribution is 2.29. The second-order valence-electron chi connectivity index (χ2n) is 4.85. The second-order valence-corrected chi connectivity index (χ2v) is 4.85. The van der Waals surface area contributed by atoms with E-state index in [0.717, 1.165) is 31.7 Å². The van der Waals surface area contributed by atoms with E-state index in [1.807, 2.05) is 11.8 Å². The van der Waals surface area contributed by atoms with E-state index in [1.54, 1.807) is 0 Å². The van der Waals surface area contributed by atoms with Gasteiger partial charge in [0, 0.05) is 18.7 Å². The van der Waals surface area contributed by atoms with Gasteiger partial charge in [-0.25, -0.2) is 19.6 Å². The van der Waals surface area contributed by atoms with Gasteiger partial charge in [-0.15, -0.1) is 0 Å². The molecule has 6 heteroatoms. The van der Waals surface area contributed by atoms with Crippen molar-refractivity contribution < 1.29 is 8.78 Å². The maximum Gasteiger partial charge on any atom is 0.178 e. The molecule has 0 aliphatic heterocycles. The first kappa shape index (κ1) is 14.0. The molecule has 19 heavy (non-hydrogen) atoms. The van der Waals surface area contributed by atoms with Crippen LogP contribution in [-0.2, 0) is 0 Å². The summed E-state index contributed by atoms with van der Waals surface area (Å²) in [5, 5.41) is 0. The molecule has 0 spiro atoms. The summed E-state index contributed by atoms with van der Waals surface area (Å²) in [5.41, 5.74) is 2.17. The van der Waals surface area contributed by atoms with E-state index < -0.39 is 11.6 Å². The molecule has 4 nitrogen and oxygen atoms in total. The number of aromatic nitrogens is 1. The number of nitrogen functional groups attached to an aromatic ring is 1. The lowest BCUT2D eigenvalue weighted by Crippen LogP contribution is -2.38. The third kappa shape index (κ3) is 2.94. The third-order valence-electron chi connectivity index (χ3n) is 3.68. The Bertz CT molecular complexity index is 433. The van der Waals surface area contributed by atoms with Crippen molar-refractivity contribution in [2.45, 2.75) is 45.1 Å². The predicted octanol–water partition coefficient (Wildman–Crippen LogP) is 2.80. The summed E-state index contributed by atoms with van der Waals surface area (Å²) in [4.78, 5) is 5.89. The SMILES string of the molecule is CCN(c1nc(NN)c(F)cc1F)C1CCCCC1. The molecule has 1 aromatic rings. The lowest BCUT2D eigenvalue weighted by molar-refractivity contribution is 0.411. The first-order chi connectivity index (χ1) is 9.17. The number of anilines is 2. The molecule has 1 aromatic heterocycles. The number of hydrogen-bond acceptors (Lipinski definition) is 4. The molecular formula is C13H20F2N4. The molecule has 1 aliphatic carbocycles. The number of nitrogens with two attached hydrogens (primary N) is 1. The standard InChI is InChI=1S/C13H20F2N4/c1-2-19(9-6-4-3-5-7-9)13-11(15)8-10(14)12(17-13)18-16/h8-9H,2-7,16H2,1H3,(H,17,18). The molecule has 0 atom stereocenters. The molecule has 0 saturated heterocycles. The Morgan fingerprint density at radius 2 is 2.00 bits per heavy atom. The van der Waals surface area contributed by atoms with Crippen molar-refractivity contribution in [1.29, 1.82) is 0 Å². The lowest BCUT2D eigenvalue weighted by Gasteiger charge is -2.34. The van der Waals surface area contributed by atoms with Crippen molar-refractivity contribution in [3.63, 3.8) is 0 Å². The van der Waals surface area contributed by atoms with E-state index in [2.05, 4.69) is 10.4 Å². The van der Waals surface area contributed by atoms with E-state index in [-0.39, 0.29) is 17.7 Å². The van der Waals surface area contributed by atoms with Crippen molar-refractivity contribution in [3.8, 4) is 0 Å². The van der Waals surface area contributed by atoms with Crippen LogP contribution in [0.2, 0.25) is 0 Å². The van der Waals surface area contributed by atoms with Crippen LogP contribution in [0.3, 0.4) is 0 Å². The lowest BCUT2D eigenvalue weighted by atomic mass is 9.94. The van der Waals surface area contributed by atoms with Gasteiger partial charge >= 0.3 is 0 Å². The van der Waals surface area contributed by atoms with Crippen LogP contribution in [0.25, 0.3) is 0 Å². The van der Waals surface area contributed by atoms with Crippen LogP contribution in [0.4, 0.5) is 20.4 Å². The molecule has 0 amide bonds. The minimum absolute atomic E-state index is 0.120. The first-order valence-electron chi connectivity index (χ1n) is 6.76. The van der Waals surface area contributed by atoms with Gasteiger partial charge in [0.2, 0.25) is 0 Å². The first-order valence-corrected chi connectivity index (χ1v) is 6.76. The molecule has 0 unspecified atom stereocenters. The van der Waals surface area contributed by atoms with Crippen LogP contribution in [-0.4, -0.2) is 17.6 Å². The van der Waals surface area contributed by atoms with Gasteiger partial charge in [0.15, 0.2) is 23.3 Å². The van der Waals surface area contributed by atoms with Crippen LogP contribution in [0.15, 0.2) is 6.07 Å². The quantitative estimate of drug-likeness (QED) is 0.652. The fourth-order valence-electron chi connectivity index (χ4n) is 2.73. The number of pyridine rings is 1. The monoisotopic (exact) mass is 270 g/mol. The van der Waals surface area contributed by atoms with Gasteiger partial charge in [0.25, 0.3) is 0 Å². The predicted molar refractivity (Wildman–Crippen MR) is 71.9 cm³/mol. The van der Waals surface area contributed by atoms with Crippen LogP contribution in [0.5, 0.6) is 0 Å². The average molecular weight is 270 g/mol. The molecule has 1 aliphatic rings. The summed E-state index contributed by atoms with van der Waals surface area (Å²) in [6, 6.07) is 1.11. The number of rotatable bonds is 4. The molecule has 0 aromatic carbocycles. The van der Waals surface area contributed by atoms with E-state index in [1.165, 1.54) is 6.42 Å². The summed E-state index contributed by atoms with van der Waals surface area (Å²) >= 11 is 0. The molecule has 1 heterocycles. The zero-order chi connectivity index (χ0) is 13.8. The van der Waals surface area contributed by atoms with Gasteiger partial charge in [-0.1, -0.05) is 19.3 Å². The number of nitrogens with one attached hydrogen (secondary N) is 1. The van der Waals surface area contributed by atoms with E-state index >= 15 is 0 Å². The summed E-state index contributed by atoms with van der Waals surface area (Å²) in [5.74, 6) is 3.85. The van der Waals surface area contributed by atoms with Gasteiger partial charge in [0.05, 0.1) is 0 Å². The summed E-state index contributed by atoms with van der Waals surface area (Å²) in [6.07, 6.45) is 5.57. The molecule has 3 N–H and O–H groups in total. The summed E-state index contributed by atoms with van der Waals surface area (Å²) in [6.45, 7) is 2.60. The van der Waals surface area contributed by atoms with E-state index in [4.69, 9.17) is 5.84 Å². The second kappa shape index (κ2) is 6.14. The highest BCUT2D eigenvalue weighted by molar-refractivity contribution is 5.49. The molecule has 0 radical (unpaired) electrons. The van der Waals surface area contributed by atoms with Crippen molar-refractivity contribution >= 4 is 11.6 Å². The molecule has 0 bridgehead atoms. The smallest absolute Gasteiger partial charge is 0.178 e. The maximum absolute atomic E-state index is 13.9. The van der Waals surface area contributed by atoms with Crippen molar-refractivity contribution in [3.05, 3.63) is 17.7 Å². The fraction of sp³-hybridized carbons (Fsp3) is 0.615. The zero-order valence-corrected chi connectivity index (χ0v) is 11.1.